The van der Waals surface area contributed by atoms with E-state index in [1.165, 1.54) is 0 Å². The summed E-state index contributed by atoms with van der Waals surface area (Å²) in [6.07, 6.45) is 3.42. The maximum absolute atomic E-state index is 9.48. The van der Waals surface area contributed by atoms with E-state index in [4.69, 9.17) is 5.11 Å². The van der Waals surface area contributed by atoms with Gasteiger partial charge < -0.3 is 15.5 Å². The molecule has 1 aromatic heterocycles. The Kier molecular flexibility index (Phi) is 3.77. The van der Waals surface area contributed by atoms with E-state index < -0.39 is 0 Å². The van der Waals surface area contributed by atoms with Gasteiger partial charge in [0, 0.05) is 24.7 Å². The molecule has 1 heterocycles. The summed E-state index contributed by atoms with van der Waals surface area (Å²) < 4.78 is 0. The van der Waals surface area contributed by atoms with Gasteiger partial charge >= 0.3 is 0 Å². The van der Waals surface area contributed by atoms with E-state index in [9.17, 15) is 5.11 Å². The van der Waals surface area contributed by atoms with Crippen LogP contribution in [0.15, 0.2) is 30.5 Å². The second-order valence-corrected chi connectivity index (χ2v) is 3.92. The lowest BCUT2D eigenvalue weighted by molar-refractivity contribution is 0.286. The number of nitrogens with zero attached hydrogens (tertiary/aromatic N) is 1. The Morgan fingerprint density at radius 2 is 2.06 bits per heavy atom. The summed E-state index contributed by atoms with van der Waals surface area (Å²) in [5.74, 6) is 1.01. The van der Waals surface area contributed by atoms with Crippen molar-refractivity contribution >= 4 is 16.6 Å². The molecular weight excluding hydrogens is 216 g/mol. The average Bonchev–Trinajstić information content (AvgIpc) is 2.35. The van der Waals surface area contributed by atoms with E-state index in [1.54, 1.807) is 18.3 Å². The minimum absolute atomic E-state index is 0.214. The first kappa shape index (κ1) is 11.7. The van der Waals surface area contributed by atoms with E-state index in [0.717, 1.165) is 36.0 Å². The number of rotatable bonds is 5. The summed E-state index contributed by atoms with van der Waals surface area (Å²) in [5.41, 5.74) is 0. The molecule has 0 aliphatic rings. The first-order valence-electron chi connectivity index (χ1n) is 5.74. The number of anilines is 1. The van der Waals surface area contributed by atoms with Gasteiger partial charge in [0.15, 0.2) is 0 Å². The van der Waals surface area contributed by atoms with Gasteiger partial charge in [-0.1, -0.05) is 6.07 Å². The second kappa shape index (κ2) is 5.50. The van der Waals surface area contributed by atoms with Crippen LogP contribution in [0.25, 0.3) is 10.8 Å². The Balaban J connectivity index is 2.18. The van der Waals surface area contributed by atoms with Crippen molar-refractivity contribution in [2.75, 3.05) is 18.5 Å². The average molecular weight is 232 g/mol. The molecule has 2 aromatic rings. The van der Waals surface area contributed by atoms with Crippen molar-refractivity contribution in [2.45, 2.75) is 12.8 Å². The van der Waals surface area contributed by atoms with Crippen LogP contribution in [0.3, 0.4) is 0 Å². The van der Waals surface area contributed by atoms with Crippen molar-refractivity contribution in [3.63, 3.8) is 0 Å². The number of unbranched alkanes of at least 4 members (excludes halogenated alkanes) is 1. The van der Waals surface area contributed by atoms with Crippen LogP contribution in [0, 0.1) is 0 Å². The zero-order valence-electron chi connectivity index (χ0n) is 9.56. The molecule has 4 heteroatoms. The molecule has 0 saturated heterocycles. The molecule has 0 saturated carbocycles. The van der Waals surface area contributed by atoms with Crippen LogP contribution in [0.1, 0.15) is 12.8 Å². The van der Waals surface area contributed by atoms with Crippen LogP contribution in [0.4, 0.5) is 5.82 Å². The van der Waals surface area contributed by atoms with E-state index in [-0.39, 0.29) is 12.4 Å². The third-order valence-corrected chi connectivity index (χ3v) is 2.63. The Bertz CT molecular complexity index is 500. The highest BCUT2D eigenvalue weighted by atomic mass is 16.3. The predicted molar refractivity (Wildman–Crippen MR) is 68.2 cm³/mol. The highest BCUT2D eigenvalue weighted by molar-refractivity contribution is 5.92. The SMILES string of the molecule is OCCCCNc1nccc2ccc(O)cc12. The van der Waals surface area contributed by atoms with Gasteiger partial charge in [0.25, 0.3) is 0 Å². The molecule has 0 amide bonds. The highest BCUT2D eigenvalue weighted by Crippen LogP contribution is 2.24. The van der Waals surface area contributed by atoms with Crippen LogP contribution >= 0.6 is 0 Å². The lowest BCUT2D eigenvalue weighted by Crippen LogP contribution is -2.04. The van der Waals surface area contributed by atoms with Crippen molar-refractivity contribution in [1.29, 1.82) is 0 Å². The Morgan fingerprint density at radius 1 is 1.18 bits per heavy atom. The van der Waals surface area contributed by atoms with E-state index in [0.29, 0.717) is 0 Å². The lowest BCUT2D eigenvalue weighted by Gasteiger charge is -2.08. The van der Waals surface area contributed by atoms with Crippen LogP contribution in [-0.4, -0.2) is 28.3 Å². The van der Waals surface area contributed by atoms with Gasteiger partial charge in [-0.3, -0.25) is 0 Å². The lowest BCUT2D eigenvalue weighted by atomic mass is 10.1. The van der Waals surface area contributed by atoms with Crippen LogP contribution < -0.4 is 5.32 Å². The fourth-order valence-electron chi connectivity index (χ4n) is 1.74. The Morgan fingerprint density at radius 3 is 2.88 bits per heavy atom. The third-order valence-electron chi connectivity index (χ3n) is 2.63. The number of nitrogens with one attached hydrogen (secondary N) is 1. The number of benzene rings is 1. The van der Waals surface area contributed by atoms with Crippen molar-refractivity contribution in [2.24, 2.45) is 0 Å². The molecule has 4 nitrogen and oxygen atoms in total. The van der Waals surface area contributed by atoms with Gasteiger partial charge in [0.05, 0.1) is 0 Å². The normalized spacial score (nSPS) is 10.6. The van der Waals surface area contributed by atoms with Crippen molar-refractivity contribution in [1.82, 2.24) is 4.98 Å². The van der Waals surface area contributed by atoms with Gasteiger partial charge in [-0.25, -0.2) is 4.98 Å². The zero-order chi connectivity index (χ0) is 12.1. The van der Waals surface area contributed by atoms with Gasteiger partial charge in [-0.2, -0.15) is 0 Å². The fourth-order valence-corrected chi connectivity index (χ4v) is 1.74. The van der Waals surface area contributed by atoms with Gasteiger partial charge in [0.1, 0.15) is 11.6 Å². The van der Waals surface area contributed by atoms with E-state index in [1.807, 2.05) is 12.1 Å². The Labute approximate surface area is 99.9 Å². The molecule has 17 heavy (non-hydrogen) atoms. The summed E-state index contributed by atoms with van der Waals surface area (Å²) >= 11 is 0. The summed E-state index contributed by atoms with van der Waals surface area (Å²) in [6, 6.07) is 7.15. The molecule has 0 spiro atoms. The maximum Gasteiger partial charge on any atom is 0.133 e. The van der Waals surface area contributed by atoms with Crippen molar-refractivity contribution < 1.29 is 10.2 Å². The highest BCUT2D eigenvalue weighted by Gasteiger charge is 2.02. The van der Waals surface area contributed by atoms with Crippen LogP contribution in [0.5, 0.6) is 5.75 Å². The number of aromatic hydroxyl groups is 1. The molecule has 90 valence electrons. The molecular formula is C13H16N2O2. The molecule has 1 aromatic carbocycles. The summed E-state index contributed by atoms with van der Waals surface area (Å²) in [5, 5.41) is 23.3. The van der Waals surface area contributed by atoms with E-state index >= 15 is 0 Å². The molecule has 0 aliphatic heterocycles. The number of aliphatic hydroxyl groups is 1. The molecule has 0 aliphatic carbocycles. The first-order valence-corrected chi connectivity index (χ1v) is 5.74. The molecule has 0 bridgehead atoms. The number of fused-ring (bicyclic) bond motifs is 1. The quantitative estimate of drug-likeness (QED) is 0.691. The molecule has 0 atom stereocenters. The van der Waals surface area contributed by atoms with Crippen molar-refractivity contribution in [3.05, 3.63) is 30.5 Å². The number of aliphatic hydroxyl groups excluding tert-OH is 1. The third kappa shape index (κ3) is 2.85. The smallest absolute Gasteiger partial charge is 0.133 e. The molecule has 0 unspecified atom stereocenters. The maximum atomic E-state index is 9.48. The number of pyridine rings is 1. The van der Waals surface area contributed by atoms with Gasteiger partial charge in [-0.05, 0) is 36.4 Å². The van der Waals surface area contributed by atoms with Crippen LogP contribution in [0.2, 0.25) is 0 Å². The molecule has 0 fully saturated rings. The molecule has 0 radical (unpaired) electrons. The van der Waals surface area contributed by atoms with E-state index in [2.05, 4.69) is 10.3 Å². The minimum atomic E-state index is 0.214. The topological polar surface area (TPSA) is 65.4 Å². The Hall–Kier alpha value is -1.81. The molecule has 2 rings (SSSR count). The van der Waals surface area contributed by atoms with Gasteiger partial charge in [-0.15, -0.1) is 0 Å². The number of phenols is 1. The number of hydrogen-bond acceptors (Lipinski definition) is 4. The largest absolute Gasteiger partial charge is 0.508 e. The standard InChI is InChI=1S/C13H16N2O2/c16-8-2-1-6-14-13-12-9-11(17)4-3-10(12)5-7-15-13/h3-5,7,9,16-17H,1-2,6,8H2,(H,14,15). The number of aromatic nitrogens is 1. The zero-order valence-corrected chi connectivity index (χ0v) is 9.56. The monoisotopic (exact) mass is 232 g/mol. The summed E-state index contributed by atoms with van der Waals surface area (Å²) in [4.78, 5) is 4.26. The number of phenolic OH excluding ortho intramolecular Hbond substituents is 1. The minimum Gasteiger partial charge on any atom is -0.508 e. The second-order valence-electron chi connectivity index (χ2n) is 3.92. The van der Waals surface area contributed by atoms with Crippen LogP contribution in [-0.2, 0) is 0 Å². The van der Waals surface area contributed by atoms with Crippen molar-refractivity contribution in [3.8, 4) is 5.75 Å². The number of hydrogen-bond donors (Lipinski definition) is 3. The predicted octanol–water partition coefficient (Wildman–Crippen LogP) is 2.12. The summed E-state index contributed by atoms with van der Waals surface area (Å²) in [6.45, 7) is 0.980. The fraction of sp³-hybridized carbons (Fsp3) is 0.308. The first-order chi connectivity index (χ1) is 8.31. The van der Waals surface area contributed by atoms with Gasteiger partial charge in [0.2, 0.25) is 0 Å². The summed E-state index contributed by atoms with van der Waals surface area (Å²) in [7, 11) is 0. The molecule has 3 N–H and O–H groups in total.